The Kier molecular flexibility index (Phi) is 2.70. The van der Waals surface area contributed by atoms with Crippen LogP contribution < -0.4 is 0 Å². The van der Waals surface area contributed by atoms with Crippen molar-refractivity contribution in [3.05, 3.63) is 12.2 Å². The minimum atomic E-state index is -0.441. The smallest absolute Gasteiger partial charge is 0.0856 e. The zero-order chi connectivity index (χ0) is 10.2. The molecule has 2 aliphatic carbocycles. The van der Waals surface area contributed by atoms with Crippen molar-refractivity contribution in [2.45, 2.75) is 51.6 Å². The normalized spacial score (nSPS) is 38.7. The lowest BCUT2D eigenvalue weighted by Gasteiger charge is -2.42. The third-order valence-electron chi connectivity index (χ3n) is 4.18. The van der Waals surface area contributed by atoms with Crippen molar-refractivity contribution in [2.75, 3.05) is 0 Å². The number of aliphatic hydroxyl groups is 1. The molecule has 0 heterocycles. The van der Waals surface area contributed by atoms with Crippen LogP contribution in [0.4, 0.5) is 0 Å². The van der Waals surface area contributed by atoms with Gasteiger partial charge in [-0.3, -0.25) is 0 Å². The van der Waals surface area contributed by atoms with Crippen molar-refractivity contribution in [2.24, 2.45) is 17.8 Å². The first kappa shape index (κ1) is 10.2. The Balaban J connectivity index is 2.01. The summed E-state index contributed by atoms with van der Waals surface area (Å²) in [7, 11) is 0. The summed E-state index contributed by atoms with van der Waals surface area (Å²) in [4.78, 5) is 0. The summed E-state index contributed by atoms with van der Waals surface area (Å²) in [6.07, 6.45) is 10.3. The van der Waals surface area contributed by atoms with Crippen LogP contribution >= 0.6 is 0 Å². The molecule has 0 amide bonds. The van der Waals surface area contributed by atoms with Crippen LogP contribution in [0, 0.1) is 17.8 Å². The van der Waals surface area contributed by atoms with Gasteiger partial charge in [0.25, 0.3) is 0 Å². The van der Waals surface area contributed by atoms with Gasteiger partial charge in [0.05, 0.1) is 5.60 Å². The van der Waals surface area contributed by atoms with E-state index in [0.717, 1.165) is 12.3 Å². The molecule has 1 saturated carbocycles. The van der Waals surface area contributed by atoms with Crippen LogP contribution in [0.5, 0.6) is 0 Å². The molecule has 0 aromatic heterocycles. The summed E-state index contributed by atoms with van der Waals surface area (Å²) in [6, 6.07) is 0. The molecule has 0 bridgehead atoms. The van der Waals surface area contributed by atoms with Gasteiger partial charge < -0.3 is 5.11 Å². The first-order valence-corrected chi connectivity index (χ1v) is 6.03. The summed E-state index contributed by atoms with van der Waals surface area (Å²) < 4.78 is 0. The van der Waals surface area contributed by atoms with Crippen molar-refractivity contribution in [3.63, 3.8) is 0 Å². The molecule has 0 aromatic rings. The van der Waals surface area contributed by atoms with Crippen molar-refractivity contribution in [1.82, 2.24) is 0 Å². The summed E-state index contributed by atoms with van der Waals surface area (Å²) >= 11 is 0. The minimum absolute atomic E-state index is 0.441. The van der Waals surface area contributed by atoms with E-state index in [2.05, 4.69) is 26.0 Å². The highest BCUT2D eigenvalue weighted by atomic mass is 16.3. The van der Waals surface area contributed by atoms with E-state index in [1.807, 2.05) is 0 Å². The maximum absolute atomic E-state index is 10.4. The predicted octanol–water partition coefficient (Wildman–Crippen LogP) is 3.14. The summed E-state index contributed by atoms with van der Waals surface area (Å²) in [6.45, 7) is 4.53. The van der Waals surface area contributed by atoms with Crippen LogP contribution in [0.15, 0.2) is 12.2 Å². The number of rotatable bonds is 2. The van der Waals surface area contributed by atoms with E-state index in [9.17, 15) is 5.11 Å². The zero-order valence-electron chi connectivity index (χ0n) is 9.37. The van der Waals surface area contributed by atoms with Crippen molar-refractivity contribution in [3.8, 4) is 0 Å². The van der Waals surface area contributed by atoms with Crippen LogP contribution in [-0.4, -0.2) is 10.7 Å². The predicted molar refractivity (Wildman–Crippen MR) is 59.0 cm³/mol. The highest BCUT2D eigenvalue weighted by Gasteiger charge is 2.40. The number of hydrogen-bond acceptors (Lipinski definition) is 1. The monoisotopic (exact) mass is 194 g/mol. The highest BCUT2D eigenvalue weighted by Crippen LogP contribution is 2.43. The molecule has 2 atom stereocenters. The van der Waals surface area contributed by atoms with Crippen LogP contribution in [0.1, 0.15) is 46.0 Å². The molecule has 2 unspecified atom stereocenters. The highest BCUT2D eigenvalue weighted by molar-refractivity contribution is 5.12. The van der Waals surface area contributed by atoms with Crippen LogP contribution in [0.25, 0.3) is 0 Å². The fourth-order valence-electron chi connectivity index (χ4n) is 2.67. The maximum atomic E-state index is 10.4. The molecular formula is C13H22O. The Morgan fingerprint density at radius 1 is 1.29 bits per heavy atom. The van der Waals surface area contributed by atoms with E-state index in [1.165, 1.54) is 25.7 Å². The molecule has 2 aliphatic rings. The fraction of sp³-hybridized carbons (Fsp3) is 0.846. The minimum Gasteiger partial charge on any atom is -0.386 e. The van der Waals surface area contributed by atoms with E-state index in [1.54, 1.807) is 0 Å². The van der Waals surface area contributed by atoms with E-state index in [-0.39, 0.29) is 0 Å². The molecule has 0 spiro atoms. The first-order chi connectivity index (χ1) is 6.62. The van der Waals surface area contributed by atoms with Gasteiger partial charge in [0.1, 0.15) is 0 Å². The number of hydrogen-bond donors (Lipinski definition) is 1. The Morgan fingerprint density at radius 3 is 2.36 bits per heavy atom. The quantitative estimate of drug-likeness (QED) is 0.670. The zero-order valence-corrected chi connectivity index (χ0v) is 9.37. The molecule has 0 radical (unpaired) electrons. The third-order valence-corrected chi connectivity index (χ3v) is 4.18. The molecule has 0 aliphatic heterocycles. The topological polar surface area (TPSA) is 20.2 Å². The Hall–Kier alpha value is -0.300. The lowest BCUT2D eigenvalue weighted by atomic mass is 9.67. The van der Waals surface area contributed by atoms with Crippen molar-refractivity contribution >= 4 is 0 Å². The standard InChI is InChI=1S/C13H22O/c1-10(2)11-6-8-13(14,9-7-11)12-4-3-5-12/h6,8,10-12,14H,3-5,7,9H2,1-2H3. The summed E-state index contributed by atoms with van der Waals surface area (Å²) in [5.41, 5.74) is -0.441. The van der Waals surface area contributed by atoms with Gasteiger partial charge in [-0.15, -0.1) is 0 Å². The Morgan fingerprint density at radius 2 is 2.00 bits per heavy atom. The molecule has 1 nitrogen and oxygen atoms in total. The van der Waals surface area contributed by atoms with E-state index < -0.39 is 5.60 Å². The van der Waals surface area contributed by atoms with Crippen LogP contribution in [-0.2, 0) is 0 Å². The lowest BCUT2D eigenvalue weighted by molar-refractivity contribution is -0.0251. The van der Waals surface area contributed by atoms with Crippen LogP contribution in [0.3, 0.4) is 0 Å². The average molecular weight is 194 g/mol. The van der Waals surface area contributed by atoms with Gasteiger partial charge >= 0.3 is 0 Å². The fourth-order valence-corrected chi connectivity index (χ4v) is 2.67. The molecule has 2 rings (SSSR count). The second-order valence-corrected chi connectivity index (χ2v) is 5.42. The summed E-state index contributed by atoms with van der Waals surface area (Å²) in [5.74, 6) is 1.97. The molecule has 1 fully saturated rings. The number of allylic oxidation sites excluding steroid dienone is 1. The van der Waals surface area contributed by atoms with Gasteiger partial charge in [-0.05, 0) is 43.4 Å². The summed E-state index contributed by atoms with van der Waals surface area (Å²) in [5, 5.41) is 10.4. The second-order valence-electron chi connectivity index (χ2n) is 5.42. The maximum Gasteiger partial charge on any atom is 0.0856 e. The SMILES string of the molecule is CC(C)C1C=CC(O)(C2CCC2)CC1. The van der Waals surface area contributed by atoms with Gasteiger partial charge in [-0.25, -0.2) is 0 Å². The van der Waals surface area contributed by atoms with E-state index >= 15 is 0 Å². The lowest BCUT2D eigenvalue weighted by Crippen LogP contribution is -2.42. The molecule has 80 valence electrons. The second kappa shape index (κ2) is 3.69. The van der Waals surface area contributed by atoms with Gasteiger partial charge in [-0.1, -0.05) is 32.4 Å². The average Bonchev–Trinajstić information content (AvgIpc) is 2.00. The first-order valence-electron chi connectivity index (χ1n) is 6.03. The molecule has 14 heavy (non-hydrogen) atoms. The van der Waals surface area contributed by atoms with Crippen LogP contribution in [0.2, 0.25) is 0 Å². The molecule has 0 saturated heterocycles. The van der Waals surface area contributed by atoms with E-state index in [4.69, 9.17) is 0 Å². The van der Waals surface area contributed by atoms with E-state index in [0.29, 0.717) is 11.8 Å². The van der Waals surface area contributed by atoms with Gasteiger partial charge in [-0.2, -0.15) is 0 Å². The molecule has 1 heteroatoms. The van der Waals surface area contributed by atoms with Gasteiger partial charge in [0.2, 0.25) is 0 Å². The molecule has 1 N–H and O–H groups in total. The molecule has 0 aromatic carbocycles. The van der Waals surface area contributed by atoms with Gasteiger partial charge in [0, 0.05) is 0 Å². The van der Waals surface area contributed by atoms with Crippen molar-refractivity contribution < 1.29 is 5.11 Å². The Bertz CT molecular complexity index is 227. The Labute approximate surface area is 87.2 Å². The van der Waals surface area contributed by atoms with Crippen molar-refractivity contribution in [1.29, 1.82) is 0 Å². The molecular weight excluding hydrogens is 172 g/mol. The van der Waals surface area contributed by atoms with Gasteiger partial charge in [0.15, 0.2) is 0 Å². The largest absolute Gasteiger partial charge is 0.386 e. The third kappa shape index (κ3) is 1.75.